The Morgan fingerprint density at radius 3 is 1.71 bits per heavy atom. The Kier molecular flexibility index (Phi) is 8.14. The second kappa shape index (κ2) is 9.93. The Morgan fingerprint density at radius 1 is 0.786 bits per heavy atom. The molecule has 1 nitrogen and oxygen atoms in total. The number of rotatable bonds is 8. The Balaban J connectivity index is 2.83. The first-order valence-corrected chi connectivity index (χ1v) is 11.3. The van der Waals surface area contributed by atoms with Crippen molar-refractivity contribution in [2.24, 2.45) is 17.8 Å². The summed E-state index contributed by atoms with van der Waals surface area (Å²) in [5.74, 6) is 2.86. The van der Waals surface area contributed by atoms with Crippen molar-refractivity contribution >= 4 is 14.5 Å². The van der Waals surface area contributed by atoms with Crippen molar-refractivity contribution in [1.82, 2.24) is 0 Å². The van der Waals surface area contributed by atoms with Gasteiger partial charge in [-0.1, -0.05) is 59.7 Å². The van der Waals surface area contributed by atoms with Crippen LogP contribution in [0.5, 0.6) is 5.75 Å². The van der Waals surface area contributed by atoms with Gasteiger partial charge in [-0.25, -0.2) is 0 Å². The van der Waals surface area contributed by atoms with Gasteiger partial charge in [-0.05, 0) is 83.4 Å². The van der Waals surface area contributed by atoms with E-state index in [9.17, 15) is 0 Å². The van der Waals surface area contributed by atoms with Gasteiger partial charge in [0.05, 0.1) is 7.11 Å². The van der Waals surface area contributed by atoms with Crippen LogP contribution in [-0.2, 0) is 19.3 Å². The highest BCUT2D eigenvalue weighted by Crippen LogP contribution is 2.36. The van der Waals surface area contributed by atoms with Crippen LogP contribution in [0.4, 0.5) is 0 Å². The van der Waals surface area contributed by atoms with Gasteiger partial charge in [-0.3, -0.25) is 0 Å². The average Bonchev–Trinajstić information content (AvgIpc) is 2.55. The van der Waals surface area contributed by atoms with Crippen LogP contribution in [0.2, 0.25) is 0 Å². The van der Waals surface area contributed by atoms with E-state index in [1.807, 2.05) is 0 Å². The Morgan fingerprint density at radius 2 is 1.29 bits per heavy atom. The first-order valence-electron chi connectivity index (χ1n) is 10.7. The summed E-state index contributed by atoms with van der Waals surface area (Å²) in [5.41, 5.74) is 8.56. The van der Waals surface area contributed by atoms with Crippen LogP contribution in [0.1, 0.15) is 63.8 Å². The molecule has 0 bridgehead atoms. The highest BCUT2D eigenvalue weighted by molar-refractivity contribution is 7.28. The molecule has 1 unspecified atom stereocenters. The Bertz CT molecular complexity index is 771. The maximum atomic E-state index is 5.66. The van der Waals surface area contributed by atoms with E-state index in [2.05, 4.69) is 82.0 Å². The Hall–Kier alpha value is -1.33. The third-order valence-corrected chi connectivity index (χ3v) is 5.72. The van der Waals surface area contributed by atoms with Gasteiger partial charge >= 0.3 is 0 Å². The highest BCUT2D eigenvalue weighted by Gasteiger charge is 2.20. The molecule has 2 aromatic carbocycles. The van der Waals surface area contributed by atoms with Crippen LogP contribution in [0.25, 0.3) is 11.1 Å². The molecular formula is C26H39OP. The van der Waals surface area contributed by atoms with Crippen molar-refractivity contribution in [3.05, 3.63) is 46.5 Å². The number of ether oxygens (including phenoxy) is 1. The minimum atomic E-state index is 0.624. The van der Waals surface area contributed by atoms with Crippen molar-refractivity contribution in [2.75, 3.05) is 7.11 Å². The van der Waals surface area contributed by atoms with Gasteiger partial charge in [0.25, 0.3) is 0 Å². The zero-order chi connectivity index (χ0) is 21.0. The highest BCUT2D eigenvalue weighted by atomic mass is 31.0. The molecule has 2 aromatic rings. The minimum Gasteiger partial charge on any atom is -0.496 e. The lowest BCUT2D eigenvalue weighted by atomic mass is 9.83. The number of hydrogen-bond donors (Lipinski definition) is 0. The molecule has 0 aromatic heterocycles. The van der Waals surface area contributed by atoms with Crippen LogP contribution < -0.4 is 10.0 Å². The van der Waals surface area contributed by atoms with E-state index in [0.717, 1.165) is 25.0 Å². The summed E-state index contributed by atoms with van der Waals surface area (Å²) in [4.78, 5) is 0. The molecule has 0 aliphatic carbocycles. The smallest absolute Gasteiger partial charge is 0.126 e. The fourth-order valence-electron chi connectivity index (χ4n) is 4.17. The second-order valence-electron chi connectivity index (χ2n) is 9.46. The lowest BCUT2D eigenvalue weighted by Gasteiger charge is -2.24. The molecule has 0 aliphatic rings. The quantitative estimate of drug-likeness (QED) is 0.446. The van der Waals surface area contributed by atoms with Crippen molar-refractivity contribution < 1.29 is 4.74 Å². The predicted octanol–water partition coefficient (Wildman–Crippen LogP) is 6.77. The molecule has 154 valence electrons. The van der Waals surface area contributed by atoms with Gasteiger partial charge in [0.15, 0.2) is 0 Å². The van der Waals surface area contributed by atoms with Crippen molar-refractivity contribution in [3.63, 3.8) is 0 Å². The van der Waals surface area contributed by atoms with Crippen LogP contribution in [0, 0.1) is 24.7 Å². The first kappa shape index (κ1) is 23.0. The maximum absolute atomic E-state index is 5.66. The molecule has 0 aliphatic heterocycles. The van der Waals surface area contributed by atoms with E-state index in [0.29, 0.717) is 17.8 Å². The summed E-state index contributed by atoms with van der Waals surface area (Å²) in [6, 6.07) is 9.23. The second-order valence-corrected chi connectivity index (χ2v) is 10.0. The van der Waals surface area contributed by atoms with Gasteiger partial charge in [0, 0.05) is 5.30 Å². The molecule has 0 heterocycles. The maximum Gasteiger partial charge on any atom is 0.126 e. The fourth-order valence-corrected chi connectivity index (χ4v) is 4.76. The third kappa shape index (κ3) is 5.60. The van der Waals surface area contributed by atoms with Crippen LogP contribution in [-0.4, -0.2) is 7.11 Å². The molecule has 2 rings (SSSR count). The summed E-state index contributed by atoms with van der Waals surface area (Å²) in [6.07, 6.45) is 3.35. The standard InChI is InChI=1S/C26H39OP/c1-16(2)11-20-14-21(12-17(3)4)25(22(15-20)13-18(5)6)24-19(7)9-10-23(27-8)26(24)28/h9-10,14-18H,11-13,28H2,1-8H3. The average molecular weight is 399 g/mol. The molecule has 0 radical (unpaired) electrons. The van der Waals surface area contributed by atoms with Crippen molar-refractivity contribution in [3.8, 4) is 16.9 Å². The van der Waals surface area contributed by atoms with Gasteiger partial charge in [-0.2, -0.15) is 0 Å². The SMILES string of the molecule is COc1ccc(C)c(-c2c(CC(C)C)cc(CC(C)C)cc2CC(C)C)c1P. The van der Waals surface area contributed by atoms with Crippen molar-refractivity contribution in [1.29, 1.82) is 0 Å². The van der Waals surface area contributed by atoms with Gasteiger partial charge < -0.3 is 4.74 Å². The van der Waals surface area contributed by atoms with E-state index in [1.165, 1.54) is 38.7 Å². The van der Waals surface area contributed by atoms with Crippen LogP contribution in [0.3, 0.4) is 0 Å². The van der Waals surface area contributed by atoms with Gasteiger partial charge in [0.1, 0.15) is 5.75 Å². The summed E-state index contributed by atoms with van der Waals surface area (Å²) < 4.78 is 5.66. The van der Waals surface area contributed by atoms with Gasteiger partial charge in [0.2, 0.25) is 0 Å². The normalized spacial score (nSPS) is 11.7. The lowest BCUT2D eigenvalue weighted by Crippen LogP contribution is -2.12. The van der Waals surface area contributed by atoms with Gasteiger partial charge in [-0.15, -0.1) is 9.24 Å². The largest absolute Gasteiger partial charge is 0.496 e. The Labute approximate surface area is 175 Å². The minimum absolute atomic E-state index is 0.624. The molecular weight excluding hydrogens is 359 g/mol. The molecule has 0 amide bonds. The number of aryl methyl sites for hydroxylation is 1. The number of benzene rings is 2. The predicted molar refractivity (Wildman–Crippen MR) is 128 cm³/mol. The lowest BCUT2D eigenvalue weighted by molar-refractivity contribution is 0.418. The number of methoxy groups -OCH3 is 1. The first-order chi connectivity index (χ1) is 13.1. The summed E-state index contributed by atoms with van der Waals surface area (Å²) in [6.45, 7) is 16.1. The molecule has 0 N–H and O–H groups in total. The monoisotopic (exact) mass is 398 g/mol. The molecule has 2 heteroatoms. The van der Waals surface area contributed by atoms with Crippen molar-refractivity contribution in [2.45, 2.75) is 67.7 Å². The van der Waals surface area contributed by atoms with Crippen LogP contribution >= 0.6 is 9.24 Å². The van der Waals surface area contributed by atoms with Crippen LogP contribution in [0.15, 0.2) is 24.3 Å². The third-order valence-electron chi connectivity index (χ3n) is 5.15. The summed E-state index contributed by atoms with van der Waals surface area (Å²) in [7, 11) is 4.71. The zero-order valence-electron chi connectivity index (χ0n) is 19.1. The van der Waals surface area contributed by atoms with E-state index >= 15 is 0 Å². The number of hydrogen-bond acceptors (Lipinski definition) is 1. The molecule has 0 saturated heterocycles. The zero-order valence-corrected chi connectivity index (χ0v) is 20.3. The molecule has 0 spiro atoms. The fraction of sp³-hybridized carbons (Fsp3) is 0.538. The molecule has 0 fully saturated rings. The summed E-state index contributed by atoms with van der Waals surface area (Å²) >= 11 is 0. The van der Waals surface area contributed by atoms with E-state index in [-0.39, 0.29) is 0 Å². The molecule has 28 heavy (non-hydrogen) atoms. The van der Waals surface area contributed by atoms with E-state index in [4.69, 9.17) is 4.74 Å². The molecule has 1 atom stereocenters. The molecule has 0 saturated carbocycles. The topological polar surface area (TPSA) is 9.23 Å². The van der Waals surface area contributed by atoms with E-state index in [1.54, 1.807) is 7.11 Å². The van der Waals surface area contributed by atoms with E-state index < -0.39 is 0 Å². The summed E-state index contributed by atoms with van der Waals surface area (Å²) in [5, 5.41) is 1.18.